The maximum Gasteiger partial charge on any atom is 0.145 e. The third-order valence-corrected chi connectivity index (χ3v) is 8.73. The molecule has 0 aliphatic carbocycles. The highest BCUT2D eigenvalue weighted by molar-refractivity contribution is 6.25. The maximum absolute atomic E-state index is 5.02. The molecule has 3 heteroatoms. The SMILES string of the molecule is c1ccc(-c2cc(-c3ccccc3)cc(-n3c4ccc5c6ccccc6n(-c6ccccc6)c5c4c4cccnc43)c2)cc1. The van der Waals surface area contributed by atoms with Gasteiger partial charge in [0.1, 0.15) is 5.65 Å². The Balaban J connectivity index is 1.43. The molecule has 0 spiro atoms. The summed E-state index contributed by atoms with van der Waals surface area (Å²) in [4.78, 5) is 5.02. The molecule has 206 valence electrons. The maximum atomic E-state index is 5.02. The topological polar surface area (TPSA) is 22.8 Å². The Bertz CT molecular complexity index is 2410. The summed E-state index contributed by atoms with van der Waals surface area (Å²) in [5.41, 5.74) is 11.4. The molecule has 0 bridgehead atoms. The minimum Gasteiger partial charge on any atom is -0.309 e. The highest BCUT2D eigenvalue weighted by atomic mass is 15.1. The van der Waals surface area contributed by atoms with Crippen LogP contribution in [0.5, 0.6) is 0 Å². The van der Waals surface area contributed by atoms with E-state index in [0.717, 1.165) is 27.9 Å². The zero-order chi connectivity index (χ0) is 29.0. The van der Waals surface area contributed by atoms with E-state index in [1.807, 2.05) is 6.20 Å². The van der Waals surface area contributed by atoms with Crippen LogP contribution in [0.3, 0.4) is 0 Å². The first kappa shape index (κ1) is 24.6. The molecule has 3 nitrogen and oxygen atoms in total. The Hall–Kier alpha value is -5.93. The van der Waals surface area contributed by atoms with Crippen molar-refractivity contribution in [2.24, 2.45) is 0 Å². The molecule has 9 rings (SSSR count). The van der Waals surface area contributed by atoms with Crippen molar-refractivity contribution in [3.8, 4) is 33.6 Å². The molecular formula is C41H27N3. The molecule has 0 saturated carbocycles. The highest BCUT2D eigenvalue weighted by Gasteiger charge is 2.21. The molecule has 9 aromatic rings. The molecule has 3 heterocycles. The van der Waals surface area contributed by atoms with Crippen LogP contribution in [0.4, 0.5) is 0 Å². The average Bonchev–Trinajstić information content (AvgIpc) is 3.62. The minimum absolute atomic E-state index is 0.948. The fourth-order valence-corrected chi connectivity index (χ4v) is 6.82. The van der Waals surface area contributed by atoms with Gasteiger partial charge >= 0.3 is 0 Å². The first-order valence-corrected chi connectivity index (χ1v) is 15.0. The van der Waals surface area contributed by atoms with E-state index in [-0.39, 0.29) is 0 Å². The van der Waals surface area contributed by atoms with Gasteiger partial charge in [0.2, 0.25) is 0 Å². The summed E-state index contributed by atoms with van der Waals surface area (Å²) in [5.74, 6) is 0. The van der Waals surface area contributed by atoms with Gasteiger partial charge in [-0.05, 0) is 76.9 Å². The highest BCUT2D eigenvalue weighted by Crippen LogP contribution is 2.42. The number of benzene rings is 6. The van der Waals surface area contributed by atoms with Gasteiger partial charge in [-0.25, -0.2) is 4.98 Å². The first-order chi connectivity index (χ1) is 21.8. The third-order valence-electron chi connectivity index (χ3n) is 8.73. The monoisotopic (exact) mass is 561 g/mol. The Morgan fingerprint density at radius 2 is 1.00 bits per heavy atom. The summed E-state index contributed by atoms with van der Waals surface area (Å²) in [6, 6.07) is 56.4. The van der Waals surface area contributed by atoms with Gasteiger partial charge in [-0.1, -0.05) is 103 Å². The zero-order valence-corrected chi connectivity index (χ0v) is 23.9. The fourth-order valence-electron chi connectivity index (χ4n) is 6.82. The predicted octanol–water partition coefficient (Wildman–Crippen LogP) is 10.6. The molecule has 0 atom stereocenters. The van der Waals surface area contributed by atoms with E-state index in [2.05, 4.69) is 167 Å². The second-order valence-electron chi connectivity index (χ2n) is 11.3. The summed E-state index contributed by atoms with van der Waals surface area (Å²) in [7, 11) is 0. The number of para-hydroxylation sites is 2. The van der Waals surface area contributed by atoms with Crippen LogP contribution in [0.15, 0.2) is 164 Å². The molecule has 44 heavy (non-hydrogen) atoms. The van der Waals surface area contributed by atoms with Gasteiger partial charge in [-0.2, -0.15) is 0 Å². The molecule has 0 aliphatic rings. The van der Waals surface area contributed by atoms with Crippen molar-refractivity contribution in [3.63, 3.8) is 0 Å². The standard InChI is InChI=1S/C41H27N3/c1-4-13-28(14-5-1)30-25-31(29-15-6-2-7-16-29)27-33(26-30)44-38-23-22-35-34-19-10-11-21-37(34)43(32-17-8-3-9-18-32)40(35)39(38)36-20-12-24-42-41(36)44/h1-27H. The molecule has 0 aliphatic heterocycles. The first-order valence-electron chi connectivity index (χ1n) is 15.0. The van der Waals surface area contributed by atoms with Crippen molar-refractivity contribution >= 4 is 43.7 Å². The lowest BCUT2D eigenvalue weighted by Crippen LogP contribution is -1.97. The Kier molecular flexibility index (Phi) is 5.50. The van der Waals surface area contributed by atoms with E-state index in [1.165, 1.54) is 49.4 Å². The van der Waals surface area contributed by atoms with Gasteiger partial charge < -0.3 is 4.57 Å². The van der Waals surface area contributed by atoms with Crippen LogP contribution in [0, 0.1) is 0 Å². The van der Waals surface area contributed by atoms with E-state index in [1.54, 1.807) is 0 Å². The minimum atomic E-state index is 0.948. The summed E-state index contributed by atoms with van der Waals surface area (Å²) < 4.78 is 4.76. The Morgan fingerprint density at radius 1 is 0.386 bits per heavy atom. The van der Waals surface area contributed by atoms with Gasteiger partial charge in [0.05, 0.1) is 16.6 Å². The lowest BCUT2D eigenvalue weighted by molar-refractivity contribution is 1.14. The second-order valence-corrected chi connectivity index (χ2v) is 11.3. The van der Waals surface area contributed by atoms with Crippen molar-refractivity contribution in [2.45, 2.75) is 0 Å². The second kappa shape index (κ2) is 9.82. The van der Waals surface area contributed by atoms with Gasteiger partial charge in [-0.15, -0.1) is 0 Å². The summed E-state index contributed by atoms with van der Waals surface area (Å²) in [6.45, 7) is 0. The molecule has 0 amide bonds. The van der Waals surface area contributed by atoms with E-state index in [4.69, 9.17) is 4.98 Å². The number of pyridine rings is 1. The zero-order valence-electron chi connectivity index (χ0n) is 23.9. The number of rotatable bonds is 4. The number of nitrogens with zero attached hydrogens (tertiary/aromatic N) is 3. The van der Waals surface area contributed by atoms with Gasteiger partial charge in [0.25, 0.3) is 0 Å². The predicted molar refractivity (Wildman–Crippen MR) is 184 cm³/mol. The summed E-state index contributed by atoms with van der Waals surface area (Å²) >= 11 is 0. The van der Waals surface area contributed by atoms with Crippen LogP contribution in [0.2, 0.25) is 0 Å². The van der Waals surface area contributed by atoms with Crippen molar-refractivity contribution in [3.05, 3.63) is 164 Å². The van der Waals surface area contributed by atoms with E-state index in [9.17, 15) is 0 Å². The number of hydrogen-bond donors (Lipinski definition) is 0. The Morgan fingerprint density at radius 3 is 1.70 bits per heavy atom. The molecule has 6 aromatic carbocycles. The van der Waals surface area contributed by atoms with Crippen LogP contribution >= 0.6 is 0 Å². The molecular weight excluding hydrogens is 534 g/mol. The number of fused-ring (bicyclic) bond motifs is 7. The lowest BCUT2D eigenvalue weighted by Gasteiger charge is -2.14. The Labute approximate surface area is 254 Å². The summed E-state index contributed by atoms with van der Waals surface area (Å²) in [6.07, 6.45) is 1.90. The van der Waals surface area contributed by atoms with Crippen LogP contribution in [-0.4, -0.2) is 14.1 Å². The van der Waals surface area contributed by atoms with Crippen LogP contribution in [0.1, 0.15) is 0 Å². The summed E-state index contributed by atoms with van der Waals surface area (Å²) in [5, 5.41) is 4.83. The third kappa shape index (κ3) is 3.73. The van der Waals surface area contributed by atoms with Crippen molar-refractivity contribution < 1.29 is 0 Å². The fraction of sp³-hybridized carbons (Fsp3) is 0. The average molecular weight is 562 g/mol. The van der Waals surface area contributed by atoms with Crippen LogP contribution < -0.4 is 0 Å². The normalized spacial score (nSPS) is 11.6. The lowest BCUT2D eigenvalue weighted by atomic mass is 9.98. The molecule has 0 N–H and O–H groups in total. The molecule has 0 unspecified atom stereocenters. The largest absolute Gasteiger partial charge is 0.309 e. The molecule has 0 saturated heterocycles. The van der Waals surface area contributed by atoms with Gasteiger partial charge in [0.15, 0.2) is 0 Å². The quantitative estimate of drug-likeness (QED) is 0.210. The van der Waals surface area contributed by atoms with Gasteiger partial charge in [-0.3, -0.25) is 4.57 Å². The number of aromatic nitrogens is 3. The van der Waals surface area contributed by atoms with Crippen molar-refractivity contribution in [2.75, 3.05) is 0 Å². The van der Waals surface area contributed by atoms with Crippen LogP contribution in [-0.2, 0) is 0 Å². The van der Waals surface area contributed by atoms with Crippen molar-refractivity contribution in [1.29, 1.82) is 0 Å². The molecule has 0 radical (unpaired) electrons. The van der Waals surface area contributed by atoms with E-state index < -0.39 is 0 Å². The van der Waals surface area contributed by atoms with E-state index >= 15 is 0 Å². The van der Waals surface area contributed by atoms with Crippen LogP contribution in [0.25, 0.3) is 77.4 Å². The van der Waals surface area contributed by atoms with Gasteiger partial charge in [0, 0.05) is 39.1 Å². The number of hydrogen-bond acceptors (Lipinski definition) is 1. The smallest absolute Gasteiger partial charge is 0.145 e. The van der Waals surface area contributed by atoms with Crippen molar-refractivity contribution in [1.82, 2.24) is 14.1 Å². The van der Waals surface area contributed by atoms with E-state index in [0.29, 0.717) is 0 Å². The molecule has 0 fully saturated rings. The molecule has 3 aromatic heterocycles.